The number of benzene rings is 1. The van der Waals surface area contributed by atoms with E-state index < -0.39 is 16.1 Å². The lowest BCUT2D eigenvalue weighted by atomic mass is 10.3. The van der Waals surface area contributed by atoms with E-state index >= 15 is 0 Å². The Hall–Kier alpha value is -1.76. The number of anilines is 2. The lowest BCUT2D eigenvalue weighted by Crippen LogP contribution is -2.29. The van der Waals surface area contributed by atoms with Crippen LogP contribution >= 0.6 is 0 Å². The lowest BCUT2D eigenvalue weighted by Gasteiger charge is -2.14. The fraction of sp³-hybridized carbons (Fsp3) is 0.125. The van der Waals surface area contributed by atoms with Crippen molar-refractivity contribution in [1.29, 1.82) is 0 Å². The van der Waals surface area contributed by atoms with Gasteiger partial charge in [-0.25, -0.2) is 9.03 Å². The summed E-state index contributed by atoms with van der Waals surface area (Å²) < 4.78 is 25.7. The first kappa shape index (κ1) is 9.78. The van der Waals surface area contributed by atoms with Crippen LogP contribution < -0.4 is 14.8 Å². The van der Waals surface area contributed by atoms with Crippen LogP contribution in [0, 0.1) is 0 Å². The Morgan fingerprint density at radius 1 is 1.27 bits per heavy atom. The maximum absolute atomic E-state index is 11.4. The maximum atomic E-state index is 11.4. The Balaban J connectivity index is 2.40. The smallest absolute Gasteiger partial charge is 0.326 e. The molecule has 0 bridgehead atoms. The zero-order chi connectivity index (χ0) is 11.1. The van der Waals surface area contributed by atoms with Crippen molar-refractivity contribution in [2.45, 2.75) is 0 Å². The molecule has 7 heteroatoms. The number of carbonyl (C=O) groups excluding carboxylic acids is 1. The second kappa shape index (κ2) is 3.13. The van der Waals surface area contributed by atoms with Gasteiger partial charge < -0.3 is 5.73 Å². The summed E-state index contributed by atoms with van der Waals surface area (Å²) in [5.74, 6) is -0.535. The summed E-state index contributed by atoms with van der Waals surface area (Å²) in [6.45, 7) is -0.188. The standard InChI is InChI=1S/C8H9N3O3S/c9-6-1-3-7(4-2-6)11-5-8(12)10-15(11,13)14/h1-4H,5,9H2,(H,10,12). The van der Waals surface area contributed by atoms with Gasteiger partial charge in [0.25, 0.3) is 5.91 Å². The van der Waals surface area contributed by atoms with Crippen LogP contribution in [-0.2, 0) is 15.0 Å². The van der Waals surface area contributed by atoms with Gasteiger partial charge in [0, 0.05) is 5.69 Å². The number of nitrogens with zero attached hydrogens (tertiary/aromatic N) is 1. The Kier molecular flexibility index (Phi) is 2.04. The topological polar surface area (TPSA) is 92.5 Å². The molecule has 1 aliphatic heterocycles. The molecule has 0 spiro atoms. The van der Waals surface area contributed by atoms with Crippen molar-refractivity contribution in [2.75, 3.05) is 16.6 Å². The SMILES string of the molecule is Nc1ccc(N2CC(=O)NS2(=O)=O)cc1. The minimum Gasteiger partial charge on any atom is -0.399 e. The largest absolute Gasteiger partial charge is 0.399 e. The lowest BCUT2D eigenvalue weighted by molar-refractivity contribution is -0.117. The van der Waals surface area contributed by atoms with Gasteiger partial charge in [0.1, 0.15) is 6.54 Å². The van der Waals surface area contributed by atoms with Crippen molar-refractivity contribution < 1.29 is 13.2 Å². The minimum absolute atomic E-state index is 0.188. The molecular weight excluding hydrogens is 218 g/mol. The molecular formula is C8H9N3O3S. The van der Waals surface area contributed by atoms with Crippen molar-refractivity contribution in [2.24, 2.45) is 0 Å². The highest BCUT2D eigenvalue weighted by molar-refractivity contribution is 7.92. The molecule has 1 fully saturated rings. The quantitative estimate of drug-likeness (QED) is 0.629. The third-order valence-corrected chi connectivity index (χ3v) is 3.41. The summed E-state index contributed by atoms with van der Waals surface area (Å²) >= 11 is 0. The second-order valence-electron chi connectivity index (χ2n) is 3.13. The van der Waals surface area contributed by atoms with Crippen LogP contribution in [0.5, 0.6) is 0 Å². The summed E-state index contributed by atoms with van der Waals surface area (Å²) in [7, 11) is -3.71. The third kappa shape index (κ3) is 1.73. The predicted molar refractivity (Wildman–Crippen MR) is 55.3 cm³/mol. The maximum Gasteiger partial charge on any atom is 0.326 e. The first-order chi connectivity index (χ1) is 6.99. The van der Waals surface area contributed by atoms with Gasteiger partial charge in [-0.05, 0) is 24.3 Å². The number of nitrogens with one attached hydrogen (secondary N) is 1. The van der Waals surface area contributed by atoms with Crippen LogP contribution in [0.2, 0.25) is 0 Å². The number of hydrogen-bond acceptors (Lipinski definition) is 4. The summed E-state index contributed by atoms with van der Waals surface area (Å²) in [6, 6.07) is 6.25. The average molecular weight is 227 g/mol. The van der Waals surface area contributed by atoms with Crippen molar-refractivity contribution in [3.63, 3.8) is 0 Å². The molecule has 0 aliphatic carbocycles. The van der Waals surface area contributed by atoms with Gasteiger partial charge in [0.15, 0.2) is 0 Å². The van der Waals surface area contributed by atoms with Gasteiger partial charge >= 0.3 is 10.2 Å². The average Bonchev–Trinajstić information content (AvgIpc) is 2.41. The molecule has 0 unspecified atom stereocenters. The molecule has 0 atom stereocenters. The van der Waals surface area contributed by atoms with E-state index in [1.807, 2.05) is 4.72 Å². The van der Waals surface area contributed by atoms with Gasteiger partial charge in [-0.2, -0.15) is 8.42 Å². The molecule has 0 aromatic heterocycles. The molecule has 0 saturated carbocycles. The Labute approximate surface area is 86.9 Å². The number of hydrogen-bond donors (Lipinski definition) is 2. The zero-order valence-corrected chi connectivity index (χ0v) is 8.49. The molecule has 6 nitrogen and oxygen atoms in total. The Bertz CT molecular complexity index is 494. The molecule has 2 rings (SSSR count). The summed E-state index contributed by atoms with van der Waals surface area (Å²) in [5.41, 5.74) is 6.43. The van der Waals surface area contributed by atoms with Crippen LogP contribution in [0.3, 0.4) is 0 Å². The summed E-state index contributed by atoms with van der Waals surface area (Å²) in [6.07, 6.45) is 0. The summed E-state index contributed by atoms with van der Waals surface area (Å²) in [4.78, 5) is 11.0. The first-order valence-electron chi connectivity index (χ1n) is 4.18. The zero-order valence-electron chi connectivity index (χ0n) is 7.67. The van der Waals surface area contributed by atoms with Crippen molar-refractivity contribution in [1.82, 2.24) is 4.72 Å². The monoisotopic (exact) mass is 227 g/mol. The second-order valence-corrected chi connectivity index (χ2v) is 4.72. The number of carbonyl (C=O) groups is 1. The fourth-order valence-electron chi connectivity index (χ4n) is 1.32. The van der Waals surface area contributed by atoms with Crippen LogP contribution in [0.1, 0.15) is 0 Å². The third-order valence-electron chi connectivity index (χ3n) is 2.00. The molecule has 1 amide bonds. The number of nitrogen functional groups attached to an aromatic ring is 1. The van der Waals surface area contributed by atoms with Gasteiger partial charge in [-0.1, -0.05) is 0 Å². The number of amides is 1. The normalized spacial score (nSPS) is 18.9. The molecule has 80 valence electrons. The van der Waals surface area contributed by atoms with Crippen molar-refractivity contribution in [3.05, 3.63) is 24.3 Å². The van der Waals surface area contributed by atoms with Crippen LogP contribution in [-0.4, -0.2) is 20.9 Å². The van der Waals surface area contributed by atoms with Crippen molar-refractivity contribution in [3.8, 4) is 0 Å². The Morgan fingerprint density at radius 2 is 1.87 bits per heavy atom. The molecule has 1 aliphatic rings. The van der Waals surface area contributed by atoms with E-state index in [1.165, 1.54) is 0 Å². The van der Waals surface area contributed by atoms with Gasteiger partial charge in [-0.15, -0.1) is 0 Å². The number of rotatable bonds is 1. The molecule has 1 saturated heterocycles. The Morgan fingerprint density at radius 3 is 2.33 bits per heavy atom. The minimum atomic E-state index is -3.71. The number of nitrogens with two attached hydrogens (primary N) is 1. The van der Waals surface area contributed by atoms with Crippen molar-refractivity contribution >= 4 is 27.5 Å². The van der Waals surface area contributed by atoms with E-state index in [0.29, 0.717) is 11.4 Å². The van der Waals surface area contributed by atoms with E-state index in [1.54, 1.807) is 24.3 Å². The van der Waals surface area contributed by atoms with Crippen LogP contribution in [0.4, 0.5) is 11.4 Å². The highest BCUT2D eigenvalue weighted by Gasteiger charge is 2.33. The molecule has 1 heterocycles. The van der Waals surface area contributed by atoms with Gasteiger partial charge in [-0.3, -0.25) is 4.79 Å². The van der Waals surface area contributed by atoms with E-state index in [4.69, 9.17) is 5.73 Å². The highest BCUT2D eigenvalue weighted by atomic mass is 32.2. The molecule has 0 radical (unpaired) electrons. The van der Waals surface area contributed by atoms with Gasteiger partial charge in [0.05, 0.1) is 5.69 Å². The first-order valence-corrected chi connectivity index (χ1v) is 5.62. The molecule has 1 aromatic rings. The van der Waals surface area contributed by atoms with E-state index in [-0.39, 0.29) is 6.54 Å². The summed E-state index contributed by atoms with van der Waals surface area (Å²) in [5, 5.41) is 0. The van der Waals surface area contributed by atoms with E-state index in [2.05, 4.69) is 0 Å². The van der Waals surface area contributed by atoms with E-state index in [0.717, 1.165) is 4.31 Å². The van der Waals surface area contributed by atoms with Gasteiger partial charge in [0.2, 0.25) is 0 Å². The molecule has 1 aromatic carbocycles. The molecule has 15 heavy (non-hydrogen) atoms. The highest BCUT2D eigenvalue weighted by Crippen LogP contribution is 2.21. The van der Waals surface area contributed by atoms with Crippen LogP contribution in [0.15, 0.2) is 24.3 Å². The van der Waals surface area contributed by atoms with E-state index in [9.17, 15) is 13.2 Å². The van der Waals surface area contributed by atoms with Crippen LogP contribution in [0.25, 0.3) is 0 Å². The predicted octanol–water partition coefficient (Wildman–Crippen LogP) is -0.550. The molecule has 3 N–H and O–H groups in total. The fourth-order valence-corrected chi connectivity index (χ4v) is 2.47.